The van der Waals surface area contributed by atoms with E-state index in [4.69, 9.17) is 11.5 Å². The van der Waals surface area contributed by atoms with E-state index in [2.05, 4.69) is 17.1 Å². The van der Waals surface area contributed by atoms with Crippen molar-refractivity contribution < 1.29 is 9.59 Å². The molecule has 4 rings (SSSR count). The Morgan fingerprint density at radius 3 is 2.59 bits per heavy atom. The SMILES string of the molecule is CC(=O)N1CC=C(c2cc3c(-c4cccc(N)c4C)ccc(C(N)=O)c3[nH]2)CC1. The van der Waals surface area contributed by atoms with Gasteiger partial charge in [0, 0.05) is 36.8 Å². The van der Waals surface area contributed by atoms with Crippen molar-refractivity contribution in [1.82, 2.24) is 9.88 Å². The van der Waals surface area contributed by atoms with Crippen molar-refractivity contribution in [1.29, 1.82) is 0 Å². The first-order valence-electron chi connectivity index (χ1n) is 9.62. The molecule has 0 radical (unpaired) electrons. The molecule has 0 aliphatic carbocycles. The number of H-pyrrole nitrogens is 1. The number of aromatic nitrogens is 1. The minimum atomic E-state index is -0.473. The van der Waals surface area contributed by atoms with Crippen LogP contribution < -0.4 is 11.5 Å². The van der Waals surface area contributed by atoms with Crippen molar-refractivity contribution in [2.75, 3.05) is 18.8 Å². The number of anilines is 1. The summed E-state index contributed by atoms with van der Waals surface area (Å²) < 4.78 is 0. The second-order valence-electron chi connectivity index (χ2n) is 7.46. The molecule has 5 N–H and O–H groups in total. The number of primary amides is 1. The Morgan fingerprint density at radius 2 is 1.93 bits per heavy atom. The molecular formula is C23H24N4O2. The van der Waals surface area contributed by atoms with E-state index in [9.17, 15) is 9.59 Å². The molecule has 2 amide bonds. The van der Waals surface area contributed by atoms with E-state index in [0.29, 0.717) is 18.7 Å². The average Bonchev–Trinajstić information content (AvgIpc) is 3.14. The van der Waals surface area contributed by atoms with Crippen LogP contribution in [0.5, 0.6) is 0 Å². The van der Waals surface area contributed by atoms with Gasteiger partial charge in [0.05, 0.1) is 11.1 Å². The number of amides is 2. The molecule has 0 unspecified atom stereocenters. The predicted octanol–water partition coefficient (Wildman–Crippen LogP) is 3.46. The van der Waals surface area contributed by atoms with E-state index in [0.717, 1.165) is 51.0 Å². The molecule has 2 aromatic carbocycles. The number of benzene rings is 2. The summed E-state index contributed by atoms with van der Waals surface area (Å²) in [6.07, 6.45) is 2.82. The van der Waals surface area contributed by atoms with Crippen LogP contribution >= 0.6 is 0 Å². The Morgan fingerprint density at radius 1 is 1.14 bits per heavy atom. The number of aromatic amines is 1. The monoisotopic (exact) mass is 388 g/mol. The molecule has 1 aromatic heterocycles. The van der Waals surface area contributed by atoms with Crippen LogP contribution in [0.3, 0.4) is 0 Å². The molecule has 0 fully saturated rings. The molecule has 0 saturated heterocycles. The lowest BCUT2D eigenvalue weighted by Gasteiger charge is -2.24. The number of carbonyl (C=O) groups excluding carboxylic acids is 2. The number of hydrogen-bond acceptors (Lipinski definition) is 3. The van der Waals surface area contributed by atoms with Crippen LogP contribution in [0.4, 0.5) is 5.69 Å². The van der Waals surface area contributed by atoms with Gasteiger partial charge in [0.25, 0.3) is 5.91 Å². The number of nitrogen functional groups attached to an aromatic ring is 1. The predicted molar refractivity (Wildman–Crippen MR) is 116 cm³/mol. The van der Waals surface area contributed by atoms with Gasteiger partial charge in [-0.3, -0.25) is 9.59 Å². The van der Waals surface area contributed by atoms with Gasteiger partial charge in [-0.2, -0.15) is 0 Å². The number of nitrogens with two attached hydrogens (primary N) is 2. The highest BCUT2D eigenvalue weighted by Gasteiger charge is 2.20. The van der Waals surface area contributed by atoms with Crippen LogP contribution in [0, 0.1) is 6.92 Å². The van der Waals surface area contributed by atoms with Gasteiger partial charge >= 0.3 is 0 Å². The Hall–Kier alpha value is -3.54. The third-order valence-electron chi connectivity index (χ3n) is 5.73. The molecular weight excluding hydrogens is 364 g/mol. The first kappa shape index (κ1) is 18.8. The molecule has 29 heavy (non-hydrogen) atoms. The van der Waals surface area contributed by atoms with Crippen molar-refractivity contribution in [3.8, 4) is 11.1 Å². The number of rotatable bonds is 3. The van der Waals surface area contributed by atoms with Gasteiger partial charge in [-0.05, 0) is 53.8 Å². The second-order valence-corrected chi connectivity index (χ2v) is 7.46. The largest absolute Gasteiger partial charge is 0.398 e. The van der Waals surface area contributed by atoms with Crippen LogP contribution in [0.25, 0.3) is 27.6 Å². The summed E-state index contributed by atoms with van der Waals surface area (Å²) in [4.78, 5) is 28.8. The first-order valence-corrected chi connectivity index (χ1v) is 9.62. The standard InChI is InChI=1S/C23H24N4O2/c1-13-16(4-3-5-20(13)24)17-6-7-18(23(25)29)22-19(17)12-21(26-22)15-8-10-27(11-9-15)14(2)28/h3-8,12,26H,9-11,24H2,1-2H3,(H2,25,29). The van der Waals surface area contributed by atoms with Crippen LogP contribution in [0.1, 0.15) is 35.0 Å². The van der Waals surface area contributed by atoms with Crippen molar-refractivity contribution in [2.45, 2.75) is 20.3 Å². The lowest BCUT2D eigenvalue weighted by atomic mass is 9.94. The Kier molecular flexibility index (Phi) is 4.62. The molecule has 0 atom stereocenters. The smallest absolute Gasteiger partial charge is 0.250 e. The number of hydrogen-bond donors (Lipinski definition) is 3. The molecule has 0 saturated carbocycles. The van der Waals surface area contributed by atoms with E-state index in [1.807, 2.05) is 36.1 Å². The fraction of sp³-hybridized carbons (Fsp3) is 0.217. The van der Waals surface area contributed by atoms with E-state index in [-0.39, 0.29) is 5.91 Å². The topological polar surface area (TPSA) is 105 Å². The molecule has 3 aromatic rings. The highest BCUT2D eigenvalue weighted by Crippen LogP contribution is 2.36. The Labute approximate surface area is 169 Å². The highest BCUT2D eigenvalue weighted by atomic mass is 16.2. The molecule has 1 aliphatic heterocycles. The molecule has 0 bridgehead atoms. The third kappa shape index (κ3) is 3.27. The normalized spacial score (nSPS) is 14.1. The fourth-order valence-corrected chi connectivity index (χ4v) is 3.98. The van der Waals surface area contributed by atoms with Crippen molar-refractivity contribution in [2.24, 2.45) is 5.73 Å². The minimum absolute atomic E-state index is 0.0763. The number of nitrogens with zero attached hydrogens (tertiary/aromatic N) is 1. The number of carbonyl (C=O) groups is 2. The lowest BCUT2D eigenvalue weighted by Crippen LogP contribution is -2.32. The molecule has 0 spiro atoms. The molecule has 2 heterocycles. The van der Waals surface area contributed by atoms with Gasteiger partial charge in [0.15, 0.2) is 0 Å². The molecule has 1 aliphatic rings. The zero-order valence-electron chi connectivity index (χ0n) is 16.6. The van der Waals surface area contributed by atoms with Crippen molar-refractivity contribution in [3.05, 3.63) is 59.3 Å². The van der Waals surface area contributed by atoms with Crippen LogP contribution in [0.2, 0.25) is 0 Å². The van der Waals surface area contributed by atoms with E-state index < -0.39 is 5.91 Å². The second kappa shape index (κ2) is 7.13. The van der Waals surface area contributed by atoms with E-state index in [1.54, 1.807) is 13.0 Å². The lowest BCUT2D eigenvalue weighted by molar-refractivity contribution is -0.128. The maximum Gasteiger partial charge on any atom is 0.250 e. The van der Waals surface area contributed by atoms with Gasteiger partial charge in [-0.25, -0.2) is 0 Å². The maximum absolute atomic E-state index is 12.0. The summed E-state index contributed by atoms with van der Waals surface area (Å²) in [5, 5.41) is 0.930. The van der Waals surface area contributed by atoms with E-state index in [1.165, 1.54) is 0 Å². The summed E-state index contributed by atoms with van der Waals surface area (Å²) in [6, 6.07) is 11.6. The Bertz CT molecular complexity index is 1170. The first-order chi connectivity index (χ1) is 13.9. The van der Waals surface area contributed by atoms with E-state index >= 15 is 0 Å². The highest BCUT2D eigenvalue weighted by molar-refractivity contribution is 6.10. The van der Waals surface area contributed by atoms with Crippen LogP contribution in [-0.4, -0.2) is 34.8 Å². The average molecular weight is 388 g/mol. The molecule has 148 valence electrons. The van der Waals surface area contributed by atoms with Crippen molar-refractivity contribution in [3.63, 3.8) is 0 Å². The van der Waals surface area contributed by atoms with Crippen LogP contribution in [0.15, 0.2) is 42.5 Å². The summed E-state index contributed by atoms with van der Waals surface area (Å²) in [5.41, 5.74) is 18.7. The maximum atomic E-state index is 12.0. The number of fused-ring (bicyclic) bond motifs is 1. The third-order valence-corrected chi connectivity index (χ3v) is 5.73. The summed E-state index contributed by atoms with van der Waals surface area (Å²) in [6.45, 7) is 4.84. The summed E-state index contributed by atoms with van der Waals surface area (Å²) >= 11 is 0. The van der Waals surface area contributed by atoms with Gasteiger partial charge in [0.1, 0.15) is 0 Å². The fourth-order valence-electron chi connectivity index (χ4n) is 3.98. The summed E-state index contributed by atoms with van der Waals surface area (Å²) in [5.74, 6) is -0.396. The molecule has 6 nitrogen and oxygen atoms in total. The zero-order valence-corrected chi connectivity index (χ0v) is 16.6. The van der Waals surface area contributed by atoms with Gasteiger partial charge in [0.2, 0.25) is 5.91 Å². The van der Waals surface area contributed by atoms with Crippen molar-refractivity contribution >= 4 is 34.0 Å². The minimum Gasteiger partial charge on any atom is -0.398 e. The quantitative estimate of drug-likeness (QED) is 0.598. The summed E-state index contributed by atoms with van der Waals surface area (Å²) in [7, 11) is 0. The van der Waals surface area contributed by atoms with Gasteiger partial charge in [-0.1, -0.05) is 24.3 Å². The van der Waals surface area contributed by atoms with Crippen LogP contribution in [-0.2, 0) is 4.79 Å². The Balaban J connectivity index is 1.88. The van der Waals surface area contributed by atoms with Gasteiger partial charge < -0.3 is 21.4 Å². The number of nitrogens with one attached hydrogen (secondary N) is 1. The zero-order chi connectivity index (χ0) is 20.7. The molecule has 6 heteroatoms. The van der Waals surface area contributed by atoms with Gasteiger partial charge in [-0.15, -0.1) is 0 Å².